The Morgan fingerprint density at radius 1 is 1.25 bits per heavy atom. The summed E-state index contributed by atoms with van der Waals surface area (Å²) in [6.07, 6.45) is 5.21. The topological polar surface area (TPSA) is 54.2 Å². The van der Waals surface area contributed by atoms with Crippen LogP contribution in [0.15, 0.2) is 43.6 Å². The van der Waals surface area contributed by atoms with Crippen LogP contribution < -0.4 is 11.1 Å². The van der Waals surface area contributed by atoms with E-state index in [2.05, 4.69) is 28.4 Å². The maximum atomic E-state index is 6.02. The number of pyridine rings is 1. The third-order valence-corrected chi connectivity index (χ3v) is 4.54. The first-order chi connectivity index (χ1) is 11.7. The summed E-state index contributed by atoms with van der Waals surface area (Å²) < 4.78 is 0. The predicted octanol–water partition coefficient (Wildman–Crippen LogP) is 3.92. The second-order valence-electron chi connectivity index (χ2n) is 5.98. The molecule has 24 heavy (non-hydrogen) atoms. The van der Waals surface area contributed by atoms with Crippen LogP contribution in [0, 0.1) is 0 Å². The van der Waals surface area contributed by atoms with Crippen molar-refractivity contribution in [2.24, 2.45) is 5.73 Å². The monoisotopic (exact) mass is 346 g/mol. The minimum absolute atomic E-state index is 0.407. The number of hydrogen-bond donors (Lipinski definition) is 2. The molecule has 0 amide bonds. The summed E-state index contributed by atoms with van der Waals surface area (Å²) in [6, 6.07) is 8.27. The van der Waals surface area contributed by atoms with E-state index in [1.165, 1.54) is 0 Å². The van der Waals surface area contributed by atoms with Gasteiger partial charge in [0.2, 0.25) is 0 Å². The number of piperidine rings is 1. The molecule has 5 heteroatoms. The van der Waals surface area contributed by atoms with Crippen molar-refractivity contribution in [1.82, 2.24) is 9.88 Å². The molecule has 1 saturated heterocycles. The first kappa shape index (κ1) is 18.7. The average Bonchev–Trinajstić information content (AvgIpc) is 2.61. The first-order valence-corrected chi connectivity index (χ1v) is 8.86. The minimum Gasteiger partial charge on any atom is -0.384 e. The molecule has 0 radical (unpaired) electrons. The van der Waals surface area contributed by atoms with Gasteiger partial charge in [0.25, 0.3) is 0 Å². The van der Waals surface area contributed by atoms with Gasteiger partial charge in [-0.05, 0) is 63.2 Å². The fourth-order valence-corrected chi connectivity index (χ4v) is 3.14. The highest BCUT2D eigenvalue weighted by molar-refractivity contribution is 6.31. The molecule has 0 atom stereocenters. The largest absolute Gasteiger partial charge is 0.384 e. The molecule has 1 aliphatic rings. The number of likely N-dealkylation sites (tertiary alicyclic amines) is 1. The van der Waals surface area contributed by atoms with E-state index in [0.29, 0.717) is 6.04 Å². The molecule has 2 heterocycles. The van der Waals surface area contributed by atoms with Crippen LogP contribution in [0.5, 0.6) is 0 Å². The van der Waals surface area contributed by atoms with E-state index in [1.54, 1.807) is 0 Å². The van der Waals surface area contributed by atoms with Crippen molar-refractivity contribution >= 4 is 28.2 Å². The van der Waals surface area contributed by atoms with Crippen molar-refractivity contribution < 1.29 is 0 Å². The Morgan fingerprint density at radius 2 is 2.00 bits per heavy atom. The fourth-order valence-electron chi connectivity index (χ4n) is 2.98. The van der Waals surface area contributed by atoms with Crippen LogP contribution in [0.2, 0.25) is 5.02 Å². The standard InChI is InChI=1S/C17H23ClN4.C2H4/c18-13-2-3-15-16(4-8-21-17(15)12-13)20-7-1-9-22-10-5-14(19)6-11-22;1-2/h2-4,8,12,14H,1,5-7,9-11,19H2,(H,20,21);1-2H2. The van der Waals surface area contributed by atoms with Gasteiger partial charge in [0.05, 0.1) is 5.52 Å². The van der Waals surface area contributed by atoms with Gasteiger partial charge in [-0.1, -0.05) is 11.6 Å². The summed E-state index contributed by atoms with van der Waals surface area (Å²) in [5.41, 5.74) is 8.00. The van der Waals surface area contributed by atoms with Crippen LogP contribution in [0.4, 0.5) is 5.69 Å². The number of nitrogens with two attached hydrogens (primary N) is 1. The van der Waals surface area contributed by atoms with Crippen molar-refractivity contribution in [2.45, 2.75) is 25.3 Å². The van der Waals surface area contributed by atoms with Crippen molar-refractivity contribution in [3.05, 3.63) is 48.6 Å². The van der Waals surface area contributed by atoms with Crippen LogP contribution in [0.3, 0.4) is 0 Å². The number of fused-ring (bicyclic) bond motifs is 1. The number of aromatic nitrogens is 1. The number of anilines is 1. The highest BCUT2D eigenvalue weighted by Crippen LogP contribution is 2.24. The number of halogens is 1. The molecule has 0 unspecified atom stereocenters. The van der Waals surface area contributed by atoms with Gasteiger partial charge in [-0.2, -0.15) is 0 Å². The highest BCUT2D eigenvalue weighted by Gasteiger charge is 2.15. The summed E-state index contributed by atoms with van der Waals surface area (Å²) in [7, 11) is 0. The Bertz CT molecular complexity index is 638. The lowest BCUT2D eigenvalue weighted by atomic mass is 10.1. The fraction of sp³-hybridized carbons (Fsp3) is 0.421. The Labute approximate surface area is 149 Å². The first-order valence-electron chi connectivity index (χ1n) is 8.48. The molecular weight excluding hydrogens is 320 g/mol. The molecule has 0 spiro atoms. The maximum absolute atomic E-state index is 6.02. The van der Waals surface area contributed by atoms with Crippen molar-refractivity contribution in [1.29, 1.82) is 0 Å². The molecule has 1 aromatic carbocycles. The SMILES string of the molecule is C=C.NC1CCN(CCCNc2ccnc3cc(Cl)ccc23)CC1. The molecule has 1 fully saturated rings. The minimum atomic E-state index is 0.407. The summed E-state index contributed by atoms with van der Waals surface area (Å²) >= 11 is 6.02. The summed E-state index contributed by atoms with van der Waals surface area (Å²) in [6.45, 7) is 10.4. The molecule has 130 valence electrons. The molecule has 2 aromatic rings. The molecule has 0 aliphatic carbocycles. The quantitative estimate of drug-likeness (QED) is 0.636. The van der Waals surface area contributed by atoms with Crippen LogP contribution in [-0.4, -0.2) is 42.1 Å². The normalized spacial score (nSPS) is 15.8. The molecule has 0 saturated carbocycles. The third kappa shape index (κ3) is 5.20. The number of hydrogen-bond acceptors (Lipinski definition) is 4. The van der Waals surface area contributed by atoms with E-state index >= 15 is 0 Å². The van der Waals surface area contributed by atoms with Gasteiger partial charge in [0, 0.05) is 34.9 Å². The third-order valence-electron chi connectivity index (χ3n) is 4.30. The van der Waals surface area contributed by atoms with E-state index in [1.807, 2.05) is 30.5 Å². The lowest BCUT2D eigenvalue weighted by Crippen LogP contribution is -2.40. The Hall–Kier alpha value is -1.62. The van der Waals surface area contributed by atoms with Crippen molar-refractivity contribution in [3.8, 4) is 0 Å². The van der Waals surface area contributed by atoms with Gasteiger partial charge in [-0.3, -0.25) is 4.98 Å². The Balaban J connectivity index is 0.00000100. The van der Waals surface area contributed by atoms with Gasteiger partial charge >= 0.3 is 0 Å². The van der Waals surface area contributed by atoms with Gasteiger partial charge in [-0.15, -0.1) is 13.2 Å². The zero-order chi connectivity index (χ0) is 17.4. The molecular formula is C19H27ClN4. The van der Waals surface area contributed by atoms with Gasteiger partial charge in [-0.25, -0.2) is 0 Å². The van der Waals surface area contributed by atoms with Crippen molar-refractivity contribution in [2.75, 3.05) is 31.5 Å². The van der Waals surface area contributed by atoms with Crippen LogP contribution in [0.25, 0.3) is 10.9 Å². The molecule has 3 rings (SSSR count). The smallest absolute Gasteiger partial charge is 0.0737 e. The summed E-state index contributed by atoms with van der Waals surface area (Å²) in [5, 5.41) is 5.36. The Morgan fingerprint density at radius 3 is 2.75 bits per heavy atom. The molecule has 0 bridgehead atoms. The maximum Gasteiger partial charge on any atom is 0.0737 e. The highest BCUT2D eigenvalue weighted by atomic mass is 35.5. The summed E-state index contributed by atoms with van der Waals surface area (Å²) in [5.74, 6) is 0. The molecule has 1 aliphatic heterocycles. The van der Waals surface area contributed by atoms with Gasteiger partial charge in [0.15, 0.2) is 0 Å². The van der Waals surface area contributed by atoms with Crippen LogP contribution in [-0.2, 0) is 0 Å². The second-order valence-corrected chi connectivity index (χ2v) is 6.42. The van der Waals surface area contributed by atoms with E-state index in [0.717, 1.165) is 67.1 Å². The lowest BCUT2D eigenvalue weighted by Gasteiger charge is -2.30. The van der Waals surface area contributed by atoms with E-state index in [-0.39, 0.29) is 0 Å². The van der Waals surface area contributed by atoms with Gasteiger partial charge < -0.3 is 16.0 Å². The number of nitrogens with one attached hydrogen (secondary N) is 1. The lowest BCUT2D eigenvalue weighted by molar-refractivity contribution is 0.213. The molecule has 3 N–H and O–H groups in total. The van der Waals surface area contributed by atoms with Crippen molar-refractivity contribution in [3.63, 3.8) is 0 Å². The van der Waals surface area contributed by atoms with Crippen LogP contribution in [0.1, 0.15) is 19.3 Å². The zero-order valence-corrected chi connectivity index (χ0v) is 14.9. The van der Waals surface area contributed by atoms with E-state index in [9.17, 15) is 0 Å². The molecule has 4 nitrogen and oxygen atoms in total. The van der Waals surface area contributed by atoms with Gasteiger partial charge in [0.1, 0.15) is 0 Å². The number of benzene rings is 1. The number of rotatable bonds is 5. The Kier molecular flexibility index (Phi) is 7.50. The predicted molar refractivity (Wildman–Crippen MR) is 105 cm³/mol. The molecule has 1 aromatic heterocycles. The van der Waals surface area contributed by atoms with Crippen LogP contribution >= 0.6 is 11.6 Å². The second kappa shape index (κ2) is 9.62. The average molecular weight is 347 g/mol. The number of nitrogens with zero attached hydrogens (tertiary/aromatic N) is 2. The summed E-state index contributed by atoms with van der Waals surface area (Å²) in [4.78, 5) is 6.88. The van der Waals surface area contributed by atoms with E-state index < -0.39 is 0 Å². The van der Waals surface area contributed by atoms with E-state index in [4.69, 9.17) is 17.3 Å². The zero-order valence-electron chi connectivity index (χ0n) is 14.2.